The van der Waals surface area contributed by atoms with Crippen LogP contribution in [0.15, 0.2) is 18.3 Å². The standard InChI is InChI=1S/C12H16ClN3O/c1-2-5-16-11(10(13)7-15-16)12(17)8-3-4-9(14)6-8/h3-4,7-9H,2,5-6,14H2,1H3. The zero-order valence-corrected chi connectivity index (χ0v) is 10.5. The molecule has 1 heterocycles. The van der Waals surface area contributed by atoms with Crippen molar-refractivity contribution in [1.29, 1.82) is 0 Å². The van der Waals surface area contributed by atoms with Crippen molar-refractivity contribution >= 4 is 17.4 Å². The lowest BCUT2D eigenvalue weighted by molar-refractivity contribution is 0.0932. The summed E-state index contributed by atoms with van der Waals surface area (Å²) >= 11 is 6.03. The van der Waals surface area contributed by atoms with E-state index in [2.05, 4.69) is 5.10 Å². The number of Topliss-reactive ketones (excluding diaryl/α,β-unsaturated/α-hetero) is 1. The van der Waals surface area contributed by atoms with Crippen LogP contribution in [0.1, 0.15) is 30.3 Å². The fourth-order valence-corrected chi connectivity index (χ4v) is 2.32. The molecule has 1 aromatic heterocycles. The number of halogens is 1. The van der Waals surface area contributed by atoms with Crippen LogP contribution < -0.4 is 5.73 Å². The van der Waals surface area contributed by atoms with E-state index in [0.29, 0.717) is 23.7 Å². The molecule has 17 heavy (non-hydrogen) atoms. The Kier molecular flexibility index (Phi) is 3.64. The van der Waals surface area contributed by atoms with E-state index in [1.807, 2.05) is 19.1 Å². The molecule has 1 aliphatic rings. The van der Waals surface area contributed by atoms with Crippen molar-refractivity contribution in [3.8, 4) is 0 Å². The first kappa shape index (κ1) is 12.3. The largest absolute Gasteiger partial charge is 0.324 e. The minimum Gasteiger partial charge on any atom is -0.324 e. The molecule has 2 unspecified atom stereocenters. The first-order chi connectivity index (χ1) is 8.13. The lowest BCUT2D eigenvalue weighted by Gasteiger charge is -2.10. The van der Waals surface area contributed by atoms with Crippen molar-refractivity contribution in [1.82, 2.24) is 9.78 Å². The van der Waals surface area contributed by atoms with Gasteiger partial charge in [-0.2, -0.15) is 5.10 Å². The van der Waals surface area contributed by atoms with Gasteiger partial charge in [0.25, 0.3) is 0 Å². The van der Waals surface area contributed by atoms with Gasteiger partial charge in [0.15, 0.2) is 5.78 Å². The maximum atomic E-state index is 12.3. The minimum atomic E-state index is -0.158. The number of hydrogen-bond acceptors (Lipinski definition) is 3. The first-order valence-corrected chi connectivity index (χ1v) is 6.20. The van der Waals surface area contributed by atoms with Crippen LogP contribution in [0.4, 0.5) is 0 Å². The number of hydrogen-bond donors (Lipinski definition) is 1. The van der Waals surface area contributed by atoms with E-state index in [9.17, 15) is 4.79 Å². The lowest BCUT2D eigenvalue weighted by Crippen LogP contribution is -2.21. The fourth-order valence-electron chi connectivity index (χ4n) is 2.09. The van der Waals surface area contributed by atoms with Crippen molar-refractivity contribution in [2.45, 2.75) is 32.4 Å². The zero-order valence-electron chi connectivity index (χ0n) is 9.77. The topological polar surface area (TPSA) is 60.9 Å². The molecule has 1 aliphatic carbocycles. The number of aromatic nitrogens is 2. The van der Waals surface area contributed by atoms with E-state index in [4.69, 9.17) is 17.3 Å². The molecule has 0 aliphatic heterocycles. The summed E-state index contributed by atoms with van der Waals surface area (Å²) in [5.41, 5.74) is 6.27. The third-order valence-corrected chi connectivity index (χ3v) is 3.19. The van der Waals surface area contributed by atoms with Crippen LogP contribution in [0.5, 0.6) is 0 Å². The highest BCUT2D eigenvalue weighted by Gasteiger charge is 2.28. The SMILES string of the molecule is CCCn1ncc(Cl)c1C(=O)C1C=CC(N)C1. The van der Waals surface area contributed by atoms with E-state index in [1.54, 1.807) is 4.68 Å². The monoisotopic (exact) mass is 253 g/mol. The van der Waals surface area contributed by atoms with E-state index in [-0.39, 0.29) is 17.7 Å². The number of carbonyl (C=O) groups is 1. The normalized spacial score (nSPS) is 23.2. The van der Waals surface area contributed by atoms with Gasteiger partial charge in [0, 0.05) is 18.5 Å². The number of nitrogens with two attached hydrogens (primary N) is 1. The highest BCUT2D eigenvalue weighted by molar-refractivity contribution is 6.33. The van der Waals surface area contributed by atoms with Crippen molar-refractivity contribution in [3.63, 3.8) is 0 Å². The van der Waals surface area contributed by atoms with Gasteiger partial charge in [0.05, 0.1) is 11.2 Å². The summed E-state index contributed by atoms with van der Waals surface area (Å²) in [6.45, 7) is 2.74. The summed E-state index contributed by atoms with van der Waals surface area (Å²) in [6.07, 6.45) is 6.84. The van der Waals surface area contributed by atoms with Gasteiger partial charge >= 0.3 is 0 Å². The quantitative estimate of drug-likeness (QED) is 0.660. The van der Waals surface area contributed by atoms with Crippen LogP contribution in [0, 0.1) is 5.92 Å². The van der Waals surface area contributed by atoms with E-state index in [0.717, 1.165) is 6.42 Å². The second kappa shape index (κ2) is 5.02. The Hall–Kier alpha value is -1.13. The van der Waals surface area contributed by atoms with Crippen LogP contribution in [0.25, 0.3) is 0 Å². The van der Waals surface area contributed by atoms with E-state index < -0.39 is 0 Å². The smallest absolute Gasteiger partial charge is 0.189 e. The Morgan fingerprint density at radius 2 is 2.41 bits per heavy atom. The zero-order chi connectivity index (χ0) is 12.4. The Bertz CT molecular complexity index is 453. The number of ketones is 1. The van der Waals surface area contributed by atoms with Gasteiger partial charge in [-0.15, -0.1) is 0 Å². The molecular formula is C12H16ClN3O. The molecule has 0 radical (unpaired) electrons. The molecule has 0 aromatic carbocycles. The van der Waals surface area contributed by atoms with E-state index >= 15 is 0 Å². The highest BCUT2D eigenvalue weighted by Crippen LogP contribution is 2.25. The maximum Gasteiger partial charge on any atom is 0.189 e. The summed E-state index contributed by atoms with van der Waals surface area (Å²) in [5, 5.41) is 4.55. The van der Waals surface area contributed by atoms with Gasteiger partial charge in [-0.05, 0) is 12.8 Å². The van der Waals surface area contributed by atoms with Crippen molar-refractivity contribution < 1.29 is 4.79 Å². The Morgan fingerprint density at radius 1 is 1.65 bits per heavy atom. The summed E-state index contributed by atoms with van der Waals surface area (Å²) in [7, 11) is 0. The van der Waals surface area contributed by atoms with Crippen LogP contribution in [0.2, 0.25) is 5.02 Å². The van der Waals surface area contributed by atoms with Crippen molar-refractivity contribution in [2.24, 2.45) is 11.7 Å². The molecule has 0 amide bonds. The molecule has 0 fully saturated rings. The van der Waals surface area contributed by atoms with Gasteiger partial charge in [-0.3, -0.25) is 9.48 Å². The number of nitrogens with zero attached hydrogens (tertiary/aromatic N) is 2. The Balaban J connectivity index is 2.24. The number of allylic oxidation sites excluding steroid dienone is 1. The molecule has 2 N–H and O–H groups in total. The third-order valence-electron chi connectivity index (χ3n) is 2.92. The minimum absolute atomic E-state index is 0.0187. The molecular weight excluding hydrogens is 238 g/mol. The molecule has 2 atom stereocenters. The van der Waals surface area contributed by atoms with Crippen LogP contribution in [0.3, 0.4) is 0 Å². The van der Waals surface area contributed by atoms with Crippen LogP contribution in [-0.2, 0) is 6.54 Å². The molecule has 0 saturated heterocycles. The van der Waals surface area contributed by atoms with Gasteiger partial charge in [-0.1, -0.05) is 30.7 Å². The molecule has 0 bridgehead atoms. The molecule has 0 spiro atoms. The summed E-state index contributed by atoms with van der Waals surface area (Å²) in [5.74, 6) is -0.139. The van der Waals surface area contributed by atoms with Crippen molar-refractivity contribution in [3.05, 3.63) is 29.1 Å². The number of rotatable bonds is 4. The molecule has 4 nitrogen and oxygen atoms in total. The summed E-state index contributed by atoms with van der Waals surface area (Å²) in [4.78, 5) is 12.3. The first-order valence-electron chi connectivity index (χ1n) is 5.83. The molecule has 5 heteroatoms. The van der Waals surface area contributed by atoms with Gasteiger partial charge in [0.2, 0.25) is 0 Å². The average molecular weight is 254 g/mol. The lowest BCUT2D eigenvalue weighted by atomic mass is 10.00. The van der Waals surface area contributed by atoms with Crippen LogP contribution in [-0.4, -0.2) is 21.6 Å². The summed E-state index contributed by atoms with van der Waals surface area (Å²) in [6, 6.07) is -0.0229. The third kappa shape index (κ3) is 2.42. The number of carbonyl (C=O) groups excluding carboxylic acids is 1. The second-order valence-electron chi connectivity index (χ2n) is 4.32. The van der Waals surface area contributed by atoms with Gasteiger partial charge in [-0.25, -0.2) is 0 Å². The van der Waals surface area contributed by atoms with Gasteiger partial charge in [0.1, 0.15) is 5.69 Å². The highest BCUT2D eigenvalue weighted by atomic mass is 35.5. The average Bonchev–Trinajstić information content (AvgIpc) is 2.86. The number of aryl methyl sites for hydroxylation is 1. The predicted molar refractivity (Wildman–Crippen MR) is 67.1 cm³/mol. The summed E-state index contributed by atoms with van der Waals surface area (Å²) < 4.78 is 1.68. The van der Waals surface area contributed by atoms with Crippen LogP contribution >= 0.6 is 11.6 Å². The molecule has 92 valence electrons. The fraction of sp³-hybridized carbons (Fsp3) is 0.500. The Morgan fingerprint density at radius 3 is 3.00 bits per heavy atom. The predicted octanol–water partition coefficient (Wildman–Crippen LogP) is 2.03. The maximum absolute atomic E-state index is 12.3. The van der Waals surface area contributed by atoms with E-state index in [1.165, 1.54) is 6.20 Å². The Labute approximate surface area is 105 Å². The van der Waals surface area contributed by atoms with Crippen molar-refractivity contribution in [2.75, 3.05) is 0 Å². The molecule has 0 saturated carbocycles. The van der Waals surface area contributed by atoms with Gasteiger partial charge < -0.3 is 5.73 Å². The molecule has 2 rings (SSSR count). The second-order valence-corrected chi connectivity index (χ2v) is 4.73. The molecule has 1 aromatic rings.